The van der Waals surface area contributed by atoms with E-state index in [-0.39, 0.29) is 41.4 Å². The normalized spacial score (nSPS) is 11.0. The number of carboxylic acids is 1. The number of ether oxygens (including phenoxy) is 1. The number of rotatable bonds is 15. The summed E-state index contributed by atoms with van der Waals surface area (Å²) in [5.41, 5.74) is 11.6. The van der Waals surface area contributed by atoms with Crippen LogP contribution >= 0.6 is 23.2 Å². The number of carboxylic acid groups (broad SMARTS) is 1. The van der Waals surface area contributed by atoms with Gasteiger partial charge in [-0.25, -0.2) is 19.9 Å². The number of sulfonamides is 2. The summed E-state index contributed by atoms with van der Waals surface area (Å²) in [7, 11) is -8.11. The molecular weight excluding hydrogens is 923 g/mol. The Labute approximate surface area is 387 Å². The molecule has 0 unspecified atom stereocenters. The molecule has 65 heavy (non-hydrogen) atoms. The molecule has 16 nitrogen and oxygen atoms in total. The van der Waals surface area contributed by atoms with Crippen LogP contribution in [-0.4, -0.2) is 73.5 Å². The Morgan fingerprint density at radius 3 is 1.52 bits per heavy atom. The molecule has 2 aromatic carbocycles. The topological polar surface area (TPSA) is 246 Å². The molecule has 0 aliphatic carbocycles. The van der Waals surface area contributed by atoms with Gasteiger partial charge in [0.25, 0.3) is 20.0 Å². The quantitative estimate of drug-likeness (QED) is 0.0480. The van der Waals surface area contributed by atoms with Gasteiger partial charge in [-0.2, -0.15) is 21.2 Å². The van der Waals surface area contributed by atoms with E-state index in [2.05, 4.69) is 39.4 Å². The Kier molecular flexibility index (Phi) is 18.7. The molecular formula is C44H47Cl2FN8O8S2. The lowest BCUT2D eigenvalue weighted by atomic mass is 9.99. The summed E-state index contributed by atoms with van der Waals surface area (Å²) in [4.78, 5) is 37.2. The van der Waals surface area contributed by atoms with E-state index in [4.69, 9.17) is 34.0 Å². The number of aromatic nitrogens is 4. The number of hydrogen-bond donors (Lipinski definition) is 5. The number of hydrogen-bond acceptors (Lipinski definition) is 13. The summed E-state index contributed by atoms with van der Waals surface area (Å²) >= 11 is 12.6. The third-order valence-electron chi connectivity index (χ3n) is 8.87. The summed E-state index contributed by atoms with van der Waals surface area (Å²) in [6.45, 7) is 10.4. The minimum atomic E-state index is -4.07. The monoisotopic (exact) mass is 968 g/mol. The fourth-order valence-corrected chi connectivity index (χ4v) is 8.28. The van der Waals surface area contributed by atoms with Crippen molar-refractivity contribution in [3.8, 4) is 22.5 Å². The first kappa shape index (κ1) is 51.4. The van der Waals surface area contributed by atoms with Crippen molar-refractivity contribution in [1.29, 1.82) is 0 Å². The number of nitrogens with zero attached hydrogens (tertiary/aromatic N) is 4. The lowest BCUT2D eigenvalue weighted by molar-refractivity contribution is -0.143. The van der Waals surface area contributed by atoms with E-state index in [0.717, 1.165) is 39.4 Å². The van der Waals surface area contributed by atoms with Gasteiger partial charge in [-0.1, -0.05) is 71.7 Å². The lowest BCUT2D eigenvalue weighted by Gasteiger charge is -2.13. The Balaban J connectivity index is 0.000000246. The van der Waals surface area contributed by atoms with Crippen LogP contribution in [0, 0.1) is 33.6 Å². The van der Waals surface area contributed by atoms with E-state index in [1.54, 1.807) is 25.1 Å². The molecule has 21 heteroatoms. The van der Waals surface area contributed by atoms with Crippen molar-refractivity contribution in [2.45, 2.75) is 57.5 Å². The number of carbonyl (C=O) groups is 2. The number of aryl methyl sites for hydroxylation is 4. The predicted molar refractivity (Wildman–Crippen MR) is 249 cm³/mol. The first-order valence-corrected chi connectivity index (χ1v) is 23.4. The van der Waals surface area contributed by atoms with Crippen LogP contribution in [0.1, 0.15) is 42.0 Å². The maximum Gasteiger partial charge on any atom is 0.307 e. The Bertz CT molecular complexity index is 2830. The lowest BCUT2D eigenvalue weighted by Crippen LogP contribution is -2.17. The summed E-state index contributed by atoms with van der Waals surface area (Å²) in [5.74, 6) is -1.63. The second kappa shape index (κ2) is 23.6. The van der Waals surface area contributed by atoms with E-state index < -0.39 is 37.0 Å². The average Bonchev–Trinajstić information content (AvgIpc) is 3.23. The predicted octanol–water partition coefficient (Wildman–Crippen LogP) is 8.35. The molecule has 344 valence electrons. The van der Waals surface area contributed by atoms with Gasteiger partial charge >= 0.3 is 11.9 Å². The number of anilines is 3. The molecule has 0 saturated heterocycles. The van der Waals surface area contributed by atoms with Crippen molar-refractivity contribution in [1.82, 2.24) is 19.9 Å². The fourth-order valence-electron chi connectivity index (χ4n) is 5.96. The highest BCUT2D eigenvalue weighted by Gasteiger charge is 2.21. The number of nitrogens with one attached hydrogen (secondary N) is 3. The first-order valence-electron chi connectivity index (χ1n) is 19.7. The summed E-state index contributed by atoms with van der Waals surface area (Å²) in [5, 5.41) is 11.7. The average molecular weight is 970 g/mol. The van der Waals surface area contributed by atoms with Crippen molar-refractivity contribution in [3.05, 3.63) is 135 Å². The third kappa shape index (κ3) is 14.9. The number of halogens is 3. The number of nitrogens with two attached hydrogens (primary N) is 1. The minimum absolute atomic E-state index is 0.0677. The van der Waals surface area contributed by atoms with Gasteiger partial charge < -0.3 is 20.9 Å². The van der Waals surface area contributed by atoms with Crippen LogP contribution in [0.25, 0.3) is 22.5 Å². The molecule has 0 fully saturated rings. The number of pyridine rings is 4. The highest BCUT2D eigenvalue weighted by molar-refractivity contribution is 7.93. The van der Waals surface area contributed by atoms with Crippen molar-refractivity contribution in [3.63, 3.8) is 0 Å². The summed E-state index contributed by atoms with van der Waals surface area (Å²) in [6, 6.07) is 25.6. The van der Waals surface area contributed by atoms with Crippen LogP contribution < -0.4 is 20.5 Å². The zero-order chi connectivity index (χ0) is 47.9. The molecule has 0 bridgehead atoms. The molecule has 6 aromatic rings. The van der Waals surface area contributed by atoms with Gasteiger partial charge in [0.05, 0.1) is 40.9 Å². The van der Waals surface area contributed by atoms with E-state index in [1.165, 1.54) is 36.4 Å². The van der Waals surface area contributed by atoms with E-state index >= 15 is 0 Å². The first-order chi connectivity index (χ1) is 30.8. The molecule has 6 N–H and O–H groups in total. The van der Waals surface area contributed by atoms with E-state index in [1.807, 2.05) is 64.1 Å². The molecule has 4 aromatic heterocycles. The zero-order valence-corrected chi connectivity index (χ0v) is 39.0. The van der Waals surface area contributed by atoms with Crippen LogP contribution in [0.3, 0.4) is 0 Å². The van der Waals surface area contributed by atoms with Gasteiger partial charge in [0, 0.05) is 24.2 Å². The highest BCUT2D eigenvalue weighted by Crippen LogP contribution is 2.34. The van der Waals surface area contributed by atoms with Crippen LogP contribution in [0.15, 0.2) is 107 Å². The van der Waals surface area contributed by atoms with Crippen molar-refractivity contribution in [2.24, 2.45) is 5.73 Å². The van der Waals surface area contributed by atoms with Gasteiger partial charge in [-0.05, 0) is 105 Å². The maximum absolute atomic E-state index is 13.2. The van der Waals surface area contributed by atoms with Gasteiger partial charge in [0.15, 0.2) is 10.1 Å². The zero-order valence-electron chi connectivity index (χ0n) is 35.9. The molecule has 0 radical (unpaired) electrons. The van der Waals surface area contributed by atoms with Gasteiger partial charge in [0.1, 0.15) is 17.5 Å². The van der Waals surface area contributed by atoms with Crippen LogP contribution in [0.4, 0.5) is 21.8 Å². The molecule has 0 saturated carbocycles. The summed E-state index contributed by atoms with van der Waals surface area (Å²) < 4.78 is 73.0. The fraction of sp³-hybridized carbons (Fsp3) is 0.227. The molecule has 0 aliphatic heterocycles. The van der Waals surface area contributed by atoms with Gasteiger partial charge in [0.2, 0.25) is 5.95 Å². The smallest absolute Gasteiger partial charge is 0.307 e. The van der Waals surface area contributed by atoms with E-state index in [0.29, 0.717) is 41.0 Å². The number of esters is 1. The number of carbonyl (C=O) groups excluding carboxylic acids is 1. The van der Waals surface area contributed by atoms with Gasteiger partial charge in [-0.15, -0.1) is 0 Å². The number of benzene rings is 2. The SMILES string of the molecule is CCOC(=O)CCN.Cc1cccc(C)c1-c1nc(NS(=O)(=O)c2cccc(F)n2)ccc1Cl.Cc1cccc(C)c1-c1nc(NS(=O)(=O)c2cccc(NCCC(=O)O)n2)ccc1Cl. The van der Waals surface area contributed by atoms with Crippen LogP contribution in [-0.2, 0) is 34.4 Å². The van der Waals surface area contributed by atoms with Crippen molar-refractivity contribution >= 4 is 72.6 Å². The minimum Gasteiger partial charge on any atom is -0.481 e. The molecule has 4 heterocycles. The Hall–Kier alpha value is -6.25. The molecule has 0 spiro atoms. The Morgan fingerprint density at radius 2 is 1.09 bits per heavy atom. The van der Waals surface area contributed by atoms with Crippen molar-refractivity contribution in [2.75, 3.05) is 34.5 Å². The maximum atomic E-state index is 13.2. The number of aliphatic carboxylic acids is 1. The van der Waals surface area contributed by atoms with Crippen LogP contribution in [0.2, 0.25) is 10.0 Å². The Morgan fingerprint density at radius 1 is 0.646 bits per heavy atom. The summed E-state index contributed by atoms with van der Waals surface area (Å²) in [6.07, 6.45) is 0.209. The largest absolute Gasteiger partial charge is 0.481 e. The molecule has 0 atom stereocenters. The second-order valence-corrected chi connectivity index (χ2v) is 17.9. The van der Waals surface area contributed by atoms with Gasteiger partial charge in [-0.3, -0.25) is 19.0 Å². The second-order valence-electron chi connectivity index (χ2n) is 13.9. The van der Waals surface area contributed by atoms with E-state index in [9.17, 15) is 30.8 Å². The molecule has 0 amide bonds. The van der Waals surface area contributed by atoms with Crippen molar-refractivity contribution < 1.29 is 40.7 Å². The molecule has 0 aliphatic rings. The standard InChI is InChI=1S/C21H21ClN4O4S.C18H15ClFN3O2S.C5H11NO2/c1-13-5-3-6-14(2)20(13)21-15(22)9-10-17(25-21)26-31(29,30)18-8-4-7-16(24-18)23-12-11-19(27)28;1-11-5-3-6-12(2)17(11)18-13(19)9-10-15(22-18)23-26(24,25)16-8-4-7-14(20)21-16;1-2-8-5(7)3-4-6/h3-10H,11-12H2,1-2H3,(H,23,24)(H,25,26)(H,27,28);3-10H,1-2H3,(H,22,23);2-4,6H2,1H3. The van der Waals surface area contributed by atoms with Crippen LogP contribution in [0.5, 0.6) is 0 Å². The molecule has 6 rings (SSSR count). The third-order valence-corrected chi connectivity index (χ3v) is 12.0. The highest BCUT2D eigenvalue weighted by atomic mass is 35.5.